The lowest BCUT2D eigenvalue weighted by Crippen LogP contribution is -2.12. The fourth-order valence-electron chi connectivity index (χ4n) is 1.79. The summed E-state index contributed by atoms with van der Waals surface area (Å²) in [6.07, 6.45) is 0. The van der Waals surface area contributed by atoms with Crippen molar-refractivity contribution in [2.24, 2.45) is 0 Å². The van der Waals surface area contributed by atoms with Crippen LogP contribution in [0.1, 0.15) is 18.2 Å². The van der Waals surface area contributed by atoms with Gasteiger partial charge < -0.3 is 10.1 Å². The first kappa shape index (κ1) is 14.9. The number of aryl methyl sites for hydroxylation is 1. The van der Waals surface area contributed by atoms with Crippen LogP contribution in [0.15, 0.2) is 34.8 Å². The second kappa shape index (κ2) is 6.81. The van der Waals surface area contributed by atoms with Crippen LogP contribution in [-0.2, 0) is 6.54 Å². The second-order valence-electron chi connectivity index (χ2n) is 4.41. The van der Waals surface area contributed by atoms with Crippen LogP contribution in [-0.4, -0.2) is 11.5 Å². The Morgan fingerprint density at radius 1 is 1.30 bits per heavy atom. The molecule has 0 unspecified atom stereocenters. The molecule has 0 radical (unpaired) electrons. The van der Waals surface area contributed by atoms with Crippen molar-refractivity contribution in [3.63, 3.8) is 0 Å². The van der Waals surface area contributed by atoms with Crippen LogP contribution in [0.3, 0.4) is 0 Å². The maximum Gasteiger partial charge on any atom is 0.219 e. The molecule has 1 aromatic heterocycles. The number of hydrogen-bond acceptors (Lipinski definition) is 3. The van der Waals surface area contributed by atoms with Gasteiger partial charge in [-0.15, -0.1) is 0 Å². The molecule has 3 nitrogen and oxygen atoms in total. The fourth-order valence-corrected chi connectivity index (χ4v) is 2.04. The minimum atomic E-state index is -0.358. The Balaban J connectivity index is 2.19. The van der Waals surface area contributed by atoms with Gasteiger partial charge in [0.2, 0.25) is 5.88 Å². The van der Waals surface area contributed by atoms with Crippen LogP contribution in [0.25, 0.3) is 0 Å². The second-order valence-corrected chi connectivity index (χ2v) is 5.27. The van der Waals surface area contributed by atoms with Crippen molar-refractivity contribution in [1.82, 2.24) is 10.3 Å². The summed E-state index contributed by atoms with van der Waals surface area (Å²) in [6, 6.07) is 8.49. The highest BCUT2D eigenvalue weighted by molar-refractivity contribution is 9.10. The molecule has 0 atom stereocenters. The van der Waals surface area contributed by atoms with Gasteiger partial charge in [-0.3, -0.25) is 0 Å². The molecule has 0 saturated carbocycles. The van der Waals surface area contributed by atoms with Crippen molar-refractivity contribution in [1.29, 1.82) is 0 Å². The quantitative estimate of drug-likeness (QED) is 0.887. The molecule has 1 heterocycles. The van der Waals surface area contributed by atoms with E-state index in [1.165, 1.54) is 6.07 Å². The zero-order chi connectivity index (χ0) is 14.5. The normalized spacial score (nSPS) is 10.6. The van der Waals surface area contributed by atoms with E-state index < -0.39 is 0 Å². The molecule has 0 aliphatic carbocycles. The summed E-state index contributed by atoms with van der Waals surface area (Å²) in [7, 11) is 0. The van der Waals surface area contributed by atoms with E-state index in [0.29, 0.717) is 16.1 Å². The van der Waals surface area contributed by atoms with Crippen molar-refractivity contribution in [2.45, 2.75) is 20.4 Å². The summed E-state index contributed by atoms with van der Waals surface area (Å²) < 4.78 is 19.5. The molecule has 2 aromatic rings. The molecule has 5 heteroatoms. The lowest BCUT2D eigenvalue weighted by atomic mass is 10.2. The number of rotatable bonds is 5. The van der Waals surface area contributed by atoms with Crippen LogP contribution in [0.4, 0.5) is 4.39 Å². The number of pyridine rings is 1. The Labute approximate surface area is 126 Å². The molecule has 20 heavy (non-hydrogen) atoms. The minimum absolute atomic E-state index is 0.358. The summed E-state index contributed by atoms with van der Waals surface area (Å²) in [5.41, 5.74) is 1.96. The number of ether oxygens (including phenoxy) is 1. The Kier molecular flexibility index (Phi) is 5.09. The van der Waals surface area contributed by atoms with Gasteiger partial charge in [-0.05, 0) is 53.2 Å². The van der Waals surface area contributed by atoms with Crippen LogP contribution in [0.5, 0.6) is 11.6 Å². The third-order valence-corrected chi connectivity index (χ3v) is 3.33. The first-order chi connectivity index (χ1) is 9.58. The van der Waals surface area contributed by atoms with E-state index >= 15 is 0 Å². The molecule has 0 aliphatic rings. The Bertz CT molecular complexity index is 604. The van der Waals surface area contributed by atoms with Gasteiger partial charge in [-0.1, -0.05) is 6.92 Å². The number of aromatic nitrogens is 1. The van der Waals surface area contributed by atoms with E-state index in [9.17, 15) is 4.39 Å². The lowest BCUT2D eigenvalue weighted by Gasteiger charge is -2.09. The van der Waals surface area contributed by atoms with E-state index in [1.807, 2.05) is 19.1 Å². The molecular formula is C15H16BrFN2O. The highest BCUT2D eigenvalue weighted by Gasteiger charge is 2.05. The highest BCUT2D eigenvalue weighted by atomic mass is 79.9. The van der Waals surface area contributed by atoms with Gasteiger partial charge in [0.25, 0.3) is 0 Å². The number of halogens is 2. The number of hydrogen-bond donors (Lipinski definition) is 1. The van der Waals surface area contributed by atoms with Crippen molar-refractivity contribution < 1.29 is 9.13 Å². The van der Waals surface area contributed by atoms with Crippen LogP contribution in [0, 0.1) is 12.7 Å². The van der Waals surface area contributed by atoms with Gasteiger partial charge in [0.1, 0.15) is 11.6 Å². The largest absolute Gasteiger partial charge is 0.439 e. The number of nitrogens with zero attached hydrogens (tertiary/aromatic N) is 1. The van der Waals surface area contributed by atoms with Crippen LogP contribution < -0.4 is 10.1 Å². The lowest BCUT2D eigenvalue weighted by molar-refractivity contribution is 0.455. The summed E-state index contributed by atoms with van der Waals surface area (Å²) in [6.45, 7) is 5.61. The molecule has 0 amide bonds. The average Bonchev–Trinajstić information content (AvgIpc) is 2.40. The first-order valence-corrected chi connectivity index (χ1v) is 7.19. The molecule has 0 spiro atoms. The first-order valence-electron chi connectivity index (χ1n) is 6.39. The SMILES string of the molecule is CCNCc1cc(C)nc(Oc2ccc(Br)c(F)c2)c1. The van der Waals surface area contributed by atoms with E-state index in [0.717, 1.165) is 24.3 Å². The van der Waals surface area contributed by atoms with E-state index in [-0.39, 0.29) is 5.82 Å². The summed E-state index contributed by atoms with van der Waals surface area (Å²) in [5.74, 6) is 0.542. The Hall–Kier alpha value is -1.46. The molecule has 0 saturated heterocycles. The van der Waals surface area contributed by atoms with Crippen molar-refractivity contribution in [3.05, 3.63) is 51.9 Å². The zero-order valence-electron chi connectivity index (χ0n) is 11.4. The summed E-state index contributed by atoms with van der Waals surface area (Å²) in [5, 5.41) is 3.25. The molecule has 2 rings (SSSR count). The van der Waals surface area contributed by atoms with Gasteiger partial charge in [-0.25, -0.2) is 9.37 Å². The highest BCUT2D eigenvalue weighted by Crippen LogP contribution is 2.25. The van der Waals surface area contributed by atoms with Crippen LogP contribution >= 0.6 is 15.9 Å². The van der Waals surface area contributed by atoms with Gasteiger partial charge in [0.05, 0.1) is 4.47 Å². The smallest absolute Gasteiger partial charge is 0.219 e. The van der Waals surface area contributed by atoms with Gasteiger partial charge in [-0.2, -0.15) is 0 Å². The molecule has 0 aliphatic heterocycles. The predicted octanol–water partition coefficient (Wildman–Crippen LogP) is 4.19. The standard InChI is InChI=1S/C15H16BrFN2O/c1-3-18-9-11-6-10(2)19-15(7-11)20-12-4-5-13(16)14(17)8-12/h4-8,18H,3,9H2,1-2H3. The van der Waals surface area contributed by atoms with Gasteiger partial charge in [0.15, 0.2) is 0 Å². The van der Waals surface area contributed by atoms with Crippen molar-refractivity contribution in [3.8, 4) is 11.6 Å². The topological polar surface area (TPSA) is 34.2 Å². The van der Waals surface area contributed by atoms with E-state index in [4.69, 9.17) is 4.74 Å². The zero-order valence-corrected chi connectivity index (χ0v) is 13.0. The third-order valence-electron chi connectivity index (χ3n) is 2.68. The van der Waals surface area contributed by atoms with E-state index in [1.54, 1.807) is 12.1 Å². The maximum absolute atomic E-state index is 13.4. The summed E-state index contributed by atoms with van der Waals surface area (Å²) in [4.78, 5) is 4.31. The average molecular weight is 339 g/mol. The molecule has 1 aromatic carbocycles. The monoisotopic (exact) mass is 338 g/mol. The van der Waals surface area contributed by atoms with Crippen molar-refractivity contribution >= 4 is 15.9 Å². The summed E-state index contributed by atoms with van der Waals surface area (Å²) >= 11 is 3.11. The number of benzene rings is 1. The number of nitrogens with one attached hydrogen (secondary N) is 1. The molecule has 106 valence electrons. The minimum Gasteiger partial charge on any atom is -0.439 e. The molecule has 1 N–H and O–H groups in total. The molecule has 0 bridgehead atoms. The third kappa shape index (κ3) is 4.02. The maximum atomic E-state index is 13.4. The molecule has 0 fully saturated rings. The van der Waals surface area contributed by atoms with Crippen LogP contribution in [0.2, 0.25) is 0 Å². The van der Waals surface area contributed by atoms with E-state index in [2.05, 4.69) is 33.2 Å². The molecular weight excluding hydrogens is 323 g/mol. The van der Waals surface area contributed by atoms with Gasteiger partial charge in [0, 0.05) is 24.4 Å². The fraction of sp³-hybridized carbons (Fsp3) is 0.267. The van der Waals surface area contributed by atoms with Crippen molar-refractivity contribution in [2.75, 3.05) is 6.54 Å². The predicted molar refractivity (Wildman–Crippen MR) is 80.5 cm³/mol. The van der Waals surface area contributed by atoms with Gasteiger partial charge >= 0.3 is 0 Å². The Morgan fingerprint density at radius 2 is 2.10 bits per heavy atom. The Morgan fingerprint density at radius 3 is 2.80 bits per heavy atom.